The molecule has 2 heterocycles. The molecule has 1 unspecified atom stereocenters. The van der Waals surface area contributed by atoms with E-state index in [0.717, 1.165) is 18.4 Å². The molecule has 2 N–H and O–H groups in total. The summed E-state index contributed by atoms with van der Waals surface area (Å²) in [6.45, 7) is 0.712. The number of rotatable bonds is 5. The quantitative estimate of drug-likeness (QED) is 0.900. The number of carbonyl (C=O) groups is 1. The molecule has 1 saturated heterocycles. The van der Waals surface area contributed by atoms with Crippen molar-refractivity contribution in [3.63, 3.8) is 0 Å². The van der Waals surface area contributed by atoms with Crippen molar-refractivity contribution in [1.82, 2.24) is 9.97 Å². The summed E-state index contributed by atoms with van der Waals surface area (Å²) in [6, 6.07) is 9.05. The van der Waals surface area contributed by atoms with Gasteiger partial charge in [-0.1, -0.05) is 12.1 Å². The Hall–Kier alpha value is -2.67. The van der Waals surface area contributed by atoms with Gasteiger partial charge in [0, 0.05) is 19.2 Å². The van der Waals surface area contributed by atoms with Gasteiger partial charge < -0.3 is 20.1 Å². The first-order chi connectivity index (χ1) is 11.6. The second-order valence-electron chi connectivity index (χ2n) is 5.58. The van der Waals surface area contributed by atoms with Crippen molar-refractivity contribution >= 4 is 11.9 Å². The molecule has 0 radical (unpaired) electrons. The van der Waals surface area contributed by atoms with E-state index in [9.17, 15) is 4.79 Å². The van der Waals surface area contributed by atoms with Gasteiger partial charge >= 0.3 is 0 Å². The van der Waals surface area contributed by atoms with Gasteiger partial charge in [0.2, 0.25) is 5.95 Å². The molecule has 1 atom stereocenters. The van der Waals surface area contributed by atoms with Crippen LogP contribution in [0.5, 0.6) is 5.75 Å². The van der Waals surface area contributed by atoms with Crippen molar-refractivity contribution in [2.24, 2.45) is 5.73 Å². The summed E-state index contributed by atoms with van der Waals surface area (Å²) in [4.78, 5) is 22.4. The molecule has 2 aromatic rings. The number of amides is 1. The Labute approximate surface area is 140 Å². The molecular formula is C17H20N4O3. The Kier molecular flexibility index (Phi) is 4.61. The Morgan fingerprint density at radius 2 is 2.17 bits per heavy atom. The summed E-state index contributed by atoms with van der Waals surface area (Å²) >= 11 is 0. The summed E-state index contributed by atoms with van der Waals surface area (Å²) in [7, 11) is 3.44. The third-order valence-corrected chi connectivity index (χ3v) is 4.00. The van der Waals surface area contributed by atoms with Crippen LogP contribution in [0, 0.1) is 0 Å². The number of para-hydroxylation sites is 1. The van der Waals surface area contributed by atoms with Crippen LogP contribution < -0.4 is 15.4 Å². The fourth-order valence-corrected chi connectivity index (χ4v) is 2.71. The van der Waals surface area contributed by atoms with Gasteiger partial charge in [0.1, 0.15) is 17.7 Å². The molecule has 1 aliphatic rings. The molecule has 7 heteroatoms. The van der Waals surface area contributed by atoms with E-state index in [4.69, 9.17) is 15.2 Å². The third-order valence-electron chi connectivity index (χ3n) is 4.00. The van der Waals surface area contributed by atoms with E-state index >= 15 is 0 Å². The monoisotopic (exact) mass is 328 g/mol. The number of methoxy groups -OCH3 is 1. The summed E-state index contributed by atoms with van der Waals surface area (Å²) in [5.74, 6) is 0.465. The number of hydrogen-bond acceptors (Lipinski definition) is 6. The molecule has 0 saturated carbocycles. The zero-order valence-electron chi connectivity index (χ0n) is 13.7. The molecule has 0 bridgehead atoms. The fraction of sp³-hybridized carbons (Fsp3) is 0.353. The highest BCUT2D eigenvalue weighted by molar-refractivity contribution is 5.92. The molecule has 1 aromatic carbocycles. The van der Waals surface area contributed by atoms with Crippen LogP contribution in [0.3, 0.4) is 0 Å². The summed E-state index contributed by atoms with van der Waals surface area (Å²) in [5.41, 5.74) is 6.95. The Morgan fingerprint density at radius 3 is 2.83 bits per heavy atom. The standard InChI is InChI=1S/C17H20N4O3/c1-21(15-8-5-9-24-15)17-19-12(10-13(20-17)16(18)22)11-6-3-4-7-14(11)23-2/h3-4,6-7,10,15H,5,8-9H2,1-2H3,(H2,18,22). The van der Waals surface area contributed by atoms with Crippen LogP contribution in [0.25, 0.3) is 11.3 Å². The highest BCUT2D eigenvalue weighted by Crippen LogP contribution is 2.30. The number of anilines is 1. The van der Waals surface area contributed by atoms with Gasteiger partial charge in [-0.3, -0.25) is 4.79 Å². The minimum absolute atomic E-state index is 0.0985. The Balaban J connectivity index is 2.07. The predicted octanol–water partition coefficient (Wildman–Crippen LogP) is 1.82. The normalized spacial score (nSPS) is 16.8. The van der Waals surface area contributed by atoms with Crippen LogP contribution in [0.4, 0.5) is 5.95 Å². The lowest BCUT2D eigenvalue weighted by molar-refractivity contribution is 0.0993. The van der Waals surface area contributed by atoms with Crippen molar-refractivity contribution in [3.05, 3.63) is 36.0 Å². The molecular weight excluding hydrogens is 308 g/mol. The maximum atomic E-state index is 11.7. The van der Waals surface area contributed by atoms with Crippen molar-refractivity contribution in [3.8, 4) is 17.0 Å². The van der Waals surface area contributed by atoms with E-state index in [1.54, 1.807) is 13.2 Å². The predicted molar refractivity (Wildman–Crippen MR) is 89.9 cm³/mol. The molecule has 3 rings (SSSR count). The average Bonchev–Trinajstić information content (AvgIpc) is 3.15. The van der Waals surface area contributed by atoms with Crippen molar-refractivity contribution in [2.75, 3.05) is 25.7 Å². The van der Waals surface area contributed by atoms with Gasteiger partial charge in [0.05, 0.1) is 12.8 Å². The first-order valence-electron chi connectivity index (χ1n) is 7.77. The minimum Gasteiger partial charge on any atom is -0.496 e. The Bertz CT molecular complexity index is 744. The van der Waals surface area contributed by atoms with Gasteiger partial charge in [-0.25, -0.2) is 9.97 Å². The SMILES string of the molecule is COc1ccccc1-c1cc(C(N)=O)nc(N(C)C2CCCO2)n1. The molecule has 0 aliphatic carbocycles. The lowest BCUT2D eigenvalue weighted by atomic mass is 10.1. The average molecular weight is 328 g/mol. The van der Waals surface area contributed by atoms with Crippen LogP contribution >= 0.6 is 0 Å². The molecule has 7 nitrogen and oxygen atoms in total. The zero-order chi connectivity index (χ0) is 17.1. The van der Waals surface area contributed by atoms with E-state index in [1.807, 2.05) is 36.2 Å². The second kappa shape index (κ2) is 6.84. The maximum absolute atomic E-state index is 11.7. The number of aromatic nitrogens is 2. The Morgan fingerprint density at radius 1 is 1.38 bits per heavy atom. The van der Waals surface area contributed by atoms with Crippen LogP contribution in [0.15, 0.2) is 30.3 Å². The van der Waals surface area contributed by atoms with Gasteiger partial charge in [-0.15, -0.1) is 0 Å². The van der Waals surface area contributed by atoms with E-state index < -0.39 is 5.91 Å². The molecule has 1 amide bonds. The number of nitrogens with two attached hydrogens (primary N) is 1. The molecule has 126 valence electrons. The number of primary amides is 1. The smallest absolute Gasteiger partial charge is 0.267 e. The van der Waals surface area contributed by atoms with Crippen molar-refractivity contribution in [2.45, 2.75) is 19.1 Å². The molecule has 1 aliphatic heterocycles. The summed E-state index contributed by atoms with van der Waals surface area (Å²) in [6.07, 6.45) is 1.78. The molecule has 24 heavy (non-hydrogen) atoms. The number of hydrogen-bond donors (Lipinski definition) is 1. The zero-order valence-corrected chi connectivity index (χ0v) is 13.7. The number of carbonyl (C=O) groups excluding carboxylic acids is 1. The maximum Gasteiger partial charge on any atom is 0.267 e. The van der Waals surface area contributed by atoms with E-state index in [-0.39, 0.29) is 11.9 Å². The first kappa shape index (κ1) is 16.2. The number of ether oxygens (including phenoxy) is 2. The molecule has 1 fully saturated rings. The first-order valence-corrected chi connectivity index (χ1v) is 7.77. The molecule has 0 spiro atoms. The van der Waals surface area contributed by atoms with Crippen LogP contribution in [0.2, 0.25) is 0 Å². The largest absolute Gasteiger partial charge is 0.496 e. The van der Waals surface area contributed by atoms with Crippen LogP contribution in [-0.2, 0) is 4.74 Å². The van der Waals surface area contributed by atoms with E-state index in [0.29, 0.717) is 24.0 Å². The lowest BCUT2D eigenvalue weighted by Crippen LogP contribution is -2.32. The topological polar surface area (TPSA) is 90.6 Å². The highest BCUT2D eigenvalue weighted by atomic mass is 16.5. The van der Waals surface area contributed by atoms with Crippen LogP contribution in [0.1, 0.15) is 23.3 Å². The fourth-order valence-electron chi connectivity index (χ4n) is 2.71. The highest BCUT2D eigenvalue weighted by Gasteiger charge is 2.24. The number of nitrogens with zero attached hydrogens (tertiary/aromatic N) is 3. The summed E-state index contributed by atoms with van der Waals surface area (Å²) < 4.78 is 11.1. The lowest BCUT2D eigenvalue weighted by Gasteiger charge is -2.24. The van der Waals surface area contributed by atoms with Gasteiger partial charge in [-0.05, 0) is 31.0 Å². The third kappa shape index (κ3) is 3.16. The van der Waals surface area contributed by atoms with Gasteiger partial charge in [-0.2, -0.15) is 0 Å². The number of benzene rings is 1. The second-order valence-corrected chi connectivity index (χ2v) is 5.58. The van der Waals surface area contributed by atoms with Gasteiger partial charge in [0.25, 0.3) is 5.91 Å². The van der Waals surface area contributed by atoms with Crippen molar-refractivity contribution in [1.29, 1.82) is 0 Å². The summed E-state index contributed by atoms with van der Waals surface area (Å²) in [5, 5.41) is 0. The van der Waals surface area contributed by atoms with E-state index in [2.05, 4.69) is 9.97 Å². The minimum atomic E-state index is -0.601. The van der Waals surface area contributed by atoms with Crippen LogP contribution in [-0.4, -0.2) is 42.9 Å². The molecule has 1 aromatic heterocycles. The van der Waals surface area contributed by atoms with E-state index in [1.165, 1.54) is 0 Å². The van der Waals surface area contributed by atoms with Gasteiger partial charge in [0.15, 0.2) is 0 Å². The van der Waals surface area contributed by atoms with Crippen molar-refractivity contribution < 1.29 is 14.3 Å².